The highest BCUT2D eigenvalue weighted by Crippen LogP contribution is 2.40. The van der Waals surface area contributed by atoms with E-state index in [4.69, 9.17) is 4.74 Å². The maximum absolute atomic E-state index is 13.0. The Labute approximate surface area is 162 Å². The van der Waals surface area contributed by atoms with E-state index < -0.39 is 0 Å². The molecule has 0 saturated carbocycles. The topological polar surface area (TPSA) is 12.5 Å². The molecule has 1 atom stereocenters. The smallest absolute Gasteiger partial charge is 0.123 e. The van der Waals surface area contributed by atoms with Crippen molar-refractivity contribution in [1.82, 2.24) is 4.90 Å². The summed E-state index contributed by atoms with van der Waals surface area (Å²) in [4.78, 5) is 2.78. The van der Waals surface area contributed by atoms with Gasteiger partial charge in [0.15, 0.2) is 0 Å². The van der Waals surface area contributed by atoms with Crippen molar-refractivity contribution in [1.29, 1.82) is 0 Å². The molecule has 3 heteroatoms. The zero-order valence-corrected chi connectivity index (χ0v) is 16.3. The molecule has 0 aromatic heterocycles. The molecule has 0 N–H and O–H groups in total. The standard InChI is InChI=1S/C24H30FNO/c1-2-14-26-15-4-3-12-24(26)13-11-20-16-23(10-7-21(20)17-24)27-18-19-5-8-22(25)9-6-19/h5-10,16H,2-4,11-15,17-18H2,1H3. The molecule has 0 amide bonds. The summed E-state index contributed by atoms with van der Waals surface area (Å²) in [5.74, 6) is 0.712. The van der Waals surface area contributed by atoms with Gasteiger partial charge in [-0.05, 0) is 92.6 Å². The molecule has 2 nitrogen and oxygen atoms in total. The largest absolute Gasteiger partial charge is 0.489 e. The number of nitrogens with zero attached hydrogens (tertiary/aromatic N) is 1. The van der Waals surface area contributed by atoms with Crippen LogP contribution >= 0.6 is 0 Å². The van der Waals surface area contributed by atoms with E-state index in [1.807, 2.05) is 0 Å². The predicted molar refractivity (Wildman–Crippen MR) is 108 cm³/mol. The van der Waals surface area contributed by atoms with Crippen molar-refractivity contribution < 1.29 is 9.13 Å². The van der Waals surface area contributed by atoms with Crippen molar-refractivity contribution in [2.24, 2.45) is 0 Å². The number of fused-ring (bicyclic) bond motifs is 1. The maximum Gasteiger partial charge on any atom is 0.123 e. The first kappa shape index (κ1) is 18.5. The first-order valence-electron chi connectivity index (χ1n) is 10.4. The minimum Gasteiger partial charge on any atom is -0.489 e. The molecule has 1 unspecified atom stereocenters. The summed E-state index contributed by atoms with van der Waals surface area (Å²) in [5, 5.41) is 0. The summed E-state index contributed by atoms with van der Waals surface area (Å²) < 4.78 is 19.0. The lowest BCUT2D eigenvalue weighted by Gasteiger charge is -2.50. The molecule has 4 rings (SSSR count). The Morgan fingerprint density at radius 3 is 2.70 bits per heavy atom. The number of halogens is 1. The number of aryl methyl sites for hydroxylation is 1. The van der Waals surface area contributed by atoms with E-state index in [1.54, 1.807) is 12.1 Å². The number of piperidine rings is 1. The average Bonchev–Trinajstić information content (AvgIpc) is 2.70. The molecule has 27 heavy (non-hydrogen) atoms. The van der Waals surface area contributed by atoms with E-state index in [1.165, 1.54) is 74.9 Å². The van der Waals surface area contributed by atoms with Crippen LogP contribution < -0.4 is 4.74 Å². The van der Waals surface area contributed by atoms with E-state index in [0.717, 1.165) is 17.7 Å². The van der Waals surface area contributed by atoms with Crippen molar-refractivity contribution in [3.8, 4) is 5.75 Å². The molecule has 1 spiro atoms. The minimum atomic E-state index is -0.207. The second kappa shape index (κ2) is 8.02. The summed E-state index contributed by atoms with van der Waals surface area (Å²) in [6, 6.07) is 13.1. The third-order valence-electron chi connectivity index (χ3n) is 6.36. The van der Waals surface area contributed by atoms with E-state index >= 15 is 0 Å². The van der Waals surface area contributed by atoms with Gasteiger partial charge in [-0.2, -0.15) is 0 Å². The predicted octanol–water partition coefficient (Wildman–Crippen LogP) is 5.53. The highest BCUT2D eigenvalue weighted by Gasteiger charge is 2.40. The molecular weight excluding hydrogens is 337 g/mol. The quantitative estimate of drug-likeness (QED) is 0.689. The molecule has 2 aliphatic rings. The fourth-order valence-electron chi connectivity index (χ4n) is 4.91. The van der Waals surface area contributed by atoms with Crippen LogP contribution in [0.25, 0.3) is 0 Å². The van der Waals surface area contributed by atoms with Crippen molar-refractivity contribution in [2.75, 3.05) is 13.1 Å². The number of hydrogen-bond donors (Lipinski definition) is 0. The summed E-state index contributed by atoms with van der Waals surface area (Å²) >= 11 is 0. The lowest BCUT2D eigenvalue weighted by molar-refractivity contribution is 0.0340. The van der Waals surface area contributed by atoms with Crippen LogP contribution in [-0.2, 0) is 19.4 Å². The zero-order valence-electron chi connectivity index (χ0n) is 16.3. The van der Waals surface area contributed by atoms with Crippen LogP contribution in [0.5, 0.6) is 5.75 Å². The minimum absolute atomic E-state index is 0.207. The SMILES string of the molecule is CCCN1CCCCC12CCc1cc(OCc3ccc(F)cc3)ccc1C2. The van der Waals surface area contributed by atoms with Gasteiger partial charge in [-0.1, -0.05) is 31.5 Å². The molecule has 2 aromatic rings. The summed E-state index contributed by atoms with van der Waals surface area (Å²) in [5.41, 5.74) is 4.32. The van der Waals surface area contributed by atoms with E-state index in [2.05, 4.69) is 30.0 Å². The zero-order chi connectivity index (χ0) is 18.7. The highest BCUT2D eigenvalue weighted by atomic mass is 19.1. The lowest BCUT2D eigenvalue weighted by Crippen LogP contribution is -2.55. The van der Waals surface area contributed by atoms with Crippen molar-refractivity contribution in [3.63, 3.8) is 0 Å². The molecule has 1 fully saturated rings. The number of hydrogen-bond acceptors (Lipinski definition) is 2. The third-order valence-corrected chi connectivity index (χ3v) is 6.36. The van der Waals surface area contributed by atoms with E-state index in [9.17, 15) is 4.39 Å². The molecule has 0 radical (unpaired) electrons. The van der Waals surface area contributed by atoms with Crippen LogP contribution in [-0.4, -0.2) is 23.5 Å². The summed E-state index contributed by atoms with van der Waals surface area (Å²) in [6.07, 6.45) is 8.89. The molecule has 1 aliphatic carbocycles. The van der Waals surface area contributed by atoms with Gasteiger partial charge in [0.2, 0.25) is 0 Å². The Bertz CT molecular complexity index is 770. The van der Waals surface area contributed by atoms with Crippen LogP contribution in [0.1, 0.15) is 55.7 Å². The molecule has 1 saturated heterocycles. The normalized spacial score (nSPS) is 22.6. The van der Waals surface area contributed by atoms with Crippen molar-refractivity contribution >= 4 is 0 Å². The van der Waals surface area contributed by atoms with Gasteiger partial charge in [-0.15, -0.1) is 0 Å². The monoisotopic (exact) mass is 367 g/mol. The average molecular weight is 368 g/mol. The summed E-state index contributed by atoms with van der Waals surface area (Å²) in [6.45, 7) is 5.27. The highest BCUT2D eigenvalue weighted by molar-refractivity contribution is 5.39. The van der Waals surface area contributed by atoms with E-state index in [-0.39, 0.29) is 5.82 Å². The first-order valence-corrected chi connectivity index (χ1v) is 10.4. The molecular formula is C24H30FNO. The van der Waals surface area contributed by atoms with Gasteiger partial charge >= 0.3 is 0 Å². The molecule has 144 valence electrons. The van der Waals surface area contributed by atoms with Crippen LogP contribution in [0.15, 0.2) is 42.5 Å². The number of ether oxygens (including phenoxy) is 1. The number of likely N-dealkylation sites (tertiary alicyclic amines) is 1. The first-order chi connectivity index (χ1) is 13.2. The van der Waals surface area contributed by atoms with Crippen LogP contribution in [0, 0.1) is 5.82 Å². The maximum atomic E-state index is 13.0. The Morgan fingerprint density at radius 2 is 1.89 bits per heavy atom. The Balaban J connectivity index is 1.45. The number of rotatable bonds is 5. The van der Waals surface area contributed by atoms with Gasteiger partial charge in [0, 0.05) is 5.54 Å². The third kappa shape index (κ3) is 4.03. The van der Waals surface area contributed by atoms with Crippen LogP contribution in [0.3, 0.4) is 0 Å². The lowest BCUT2D eigenvalue weighted by atomic mass is 9.72. The fourth-order valence-corrected chi connectivity index (χ4v) is 4.91. The van der Waals surface area contributed by atoms with Gasteiger partial charge < -0.3 is 4.74 Å². The van der Waals surface area contributed by atoms with Gasteiger partial charge in [0.25, 0.3) is 0 Å². The fraction of sp³-hybridized carbons (Fsp3) is 0.500. The summed E-state index contributed by atoms with van der Waals surface area (Å²) in [7, 11) is 0. The van der Waals surface area contributed by atoms with Gasteiger partial charge in [-0.3, -0.25) is 4.90 Å². The van der Waals surface area contributed by atoms with Crippen LogP contribution in [0.4, 0.5) is 4.39 Å². The van der Waals surface area contributed by atoms with Crippen molar-refractivity contribution in [2.45, 2.75) is 64.0 Å². The van der Waals surface area contributed by atoms with E-state index in [0.29, 0.717) is 12.1 Å². The van der Waals surface area contributed by atoms with Crippen LogP contribution in [0.2, 0.25) is 0 Å². The molecule has 1 aliphatic heterocycles. The Morgan fingerprint density at radius 1 is 1.04 bits per heavy atom. The number of benzene rings is 2. The second-order valence-electron chi connectivity index (χ2n) is 8.19. The van der Waals surface area contributed by atoms with Crippen molar-refractivity contribution in [3.05, 3.63) is 65.0 Å². The Hall–Kier alpha value is -1.87. The van der Waals surface area contributed by atoms with Gasteiger partial charge in [-0.25, -0.2) is 4.39 Å². The molecule has 0 bridgehead atoms. The van der Waals surface area contributed by atoms with Gasteiger partial charge in [0.05, 0.1) is 0 Å². The second-order valence-corrected chi connectivity index (χ2v) is 8.19. The Kier molecular flexibility index (Phi) is 5.49. The molecule has 2 aromatic carbocycles. The van der Waals surface area contributed by atoms with Gasteiger partial charge in [0.1, 0.15) is 18.2 Å². The molecule has 1 heterocycles.